The summed E-state index contributed by atoms with van der Waals surface area (Å²) in [5.74, 6) is -0.00754. The van der Waals surface area contributed by atoms with E-state index < -0.39 is 13.9 Å². The van der Waals surface area contributed by atoms with Crippen molar-refractivity contribution in [2.24, 2.45) is 0 Å². The van der Waals surface area contributed by atoms with E-state index in [-0.39, 0.29) is 25.7 Å². The third-order valence-electron chi connectivity index (χ3n) is 7.33. The Morgan fingerprint density at radius 3 is 1.66 bits per heavy atom. The molecule has 0 heterocycles. The van der Waals surface area contributed by atoms with Crippen LogP contribution in [0.15, 0.2) is 0 Å². The molecule has 0 saturated carbocycles. The van der Waals surface area contributed by atoms with E-state index in [1.54, 1.807) is 0 Å². The van der Waals surface area contributed by atoms with Gasteiger partial charge in [0.05, 0.1) is 33.9 Å². The fraction of sp³-hybridized carbons (Fsp3) is 0.969. The van der Waals surface area contributed by atoms with Crippen LogP contribution >= 0.6 is 7.82 Å². The van der Waals surface area contributed by atoms with E-state index in [0.717, 1.165) is 25.7 Å². The van der Waals surface area contributed by atoms with Crippen LogP contribution in [0, 0.1) is 0 Å². The molecule has 0 radical (unpaired) electrons. The van der Waals surface area contributed by atoms with Gasteiger partial charge in [0.15, 0.2) is 0 Å². The Balaban J connectivity index is 4.34. The Hall–Kier alpha value is -0.500. The highest BCUT2D eigenvalue weighted by Crippen LogP contribution is 2.43. The van der Waals surface area contributed by atoms with Crippen molar-refractivity contribution in [1.29, 1.82) is 0 Å². The smallest absolute Gasteiger partial charge is 0.374 e. The monoisotopic (exact) mass is 607 g/mol. The lowest BCUT2D eigenvalue weighted by molar-refractivity contribution is -0.870. The maximum absolute atomic E-state index is 12.4. The van der Waals surface area contributed by atoms with Gasteiger partial charge in [0.2, 0.25) is 5.91 Å². The van der Waals surface area contributed by atoms with E-state index in [1.165, 1.54) is 96.3 Å². The molecule has 2 atom stereocenters. The minimum absolute atomic E-state index is 0.00754. The van der Waals surface area contributed by atoms with Crippen LogP contribution in [0.4, 0.5) is 0 Å². The summed E-state index contributed by atoms with van der Waals surface area (Å²) < 4.78 is 29.4. The molecule has 0 fully saturated rings. The molecular formula is C32H68N2O6P+. The molecule has 8 nitrogen and oxygen atoms in total. The second-order valence-electron chi connectivity index (χ2n) is 12.7. The van der Waals surface area contributed by atoms with E-state index in [2.05, 4.69) is 19.2 Å². The van der Waals surface area contributed by atoms with Gasteiger partial charge in [-0.25, -0.2) is 4.57 Å². The Morgan fingerprint density at radius 2 is 1.17 bits per heavy atom. The molecule has 0 aromatic heterocycles. The molecule has 0 spiro atoms. The fourth-order valence-electron chi connectivity index (χ4n) is 4.56. The van der Waals surface area contributed by atoms with Crippen LogP contribution in [-0.2, 0) is 23.1 Å². The van der Waals surface area contributed by atoms with Gasteiger partial charge in [0.1, 0.15) is 13.2 Å². The lowest BCUT2D eigenvalue weighted by Crippen LogP contribution is -2.37. The summed E-state index contributed by atoms with van der Waals surface area (Å²) in [6.45, 7) is 5.88. The zero-order chi connectivity index (χ0) is 30.7. The molecule has 2 unspecified atom stereocenters. The molecule has 0 bridgehead atoms. The number of rotatable bonds is 31. The SMILES string of the molecule is CCCCCCCCCCCCOC(CNC(=O)CCCCCCCCCCC)COP(=O)(O)OCC[N+](C)(C)C. The van der Waals surface area contributed by atoms with Gasteiger partial charge in [0.25, 0.3) is 0 Å². The largest absolute Gasteiger partial charge is 0.472 e. The summed E-state index contributed by atoms with van der Waals surface area (Å²) in [4.78, 5) is 22.5. The van der Waals surface area contributed by atoms with E-state index in [0.29, 0.717) is 24.1 Å². The van der Waals surface area contributed by atoms with Gasteiger partial charge in [-0.05, 0) is 12.8 Å². The lowest BCUT2D eigenvalue weighted by atomic mass is 10.1. The number of likely N-dealkylation sites (N-methyl/N-ethyl adjacent to an activating group) is 1. The first-order valence-electron chi connectivity index (χ1n) is 16.9. The summed E-state index contributed by atoms with van der Waals surface area (Å²) >= 11 is 0. The molecule has 2 N–H and O–H groups in total. The molecule has 246 valence electrons. The molecule has 1 amide bonds. The van der Waals surface area contributed by atoms with Gasteiger partial charge in [-0.1, -0.05) is 123 Å². The van der Waals surface area contributed by atoms with E-state index in [1.807, 2.05) is 21.1 Å². The summed E-state index contributed by atoms with van der Waals surface area (Å²) in [6, 6.07) is 0. The van der Waals surface area contributed by atoms with E-state index >= 15 is 0 Å². The maximum atomic E-state index is 12.4. The molecule has 0 saturated heterocycles. The molecule has 0 aliphatic heterocycles. The zero-order valence-corrected chi connectivity index (χ0v) is 28.5. The standard InChI is InChI=1S/C32H67N2O6P/c1-6-8-10-12-14-16-18-20-22-24-27-38-31(30-40-41(36,37)39-28-26-34(3,4)5)29-33-32(35)25-23-21-19-17-15-13-11-9-7-2/h31H,6-30H2,1-5H3,(H-,33,35,36,37)/p+1. The van der Waals surface area contributed by atoms with Crippen molar-refractivity contribution >= 4 is 13.7 Å². The number of carbonyl (C=O) groups is 1. The number of quaternary nitrogens is 1. The number of ether oxygens (including phenoxy) is 1. The van der Waals surface area contributed by atoms with Crippen molar-refractivity contribution in [2.45, 2.75) is 148 Å². The highest BCUT2D eigenvalue weighted by Gasteiger charge is 2.25. The molecular weight excluding hydrogens is 539 g/mol. The number of hydrogen-bond donors (Lipinski definition) is 2. The lowest BCUT2D eigenvalue weighted by Gasteiger charge is -2.24. The number of nitrogens with zero attached hydrogens (tertiary/aromatic N) is 1. The number of hydrogen-bond acceptors (Lipinski definition) is 5. The normalized spacial score (nSPS) is 14.2. The summed E-state index contributed by atoms with van der Waals surface area (Å²) in [7, 11) is 1.77. The third-order valence-corrected chi connectivity index (χ3v) is 8.31. The number of phosphoric ester groups is 1. The van der Waals surface area contributed by atoms with Crippen LogP contribution < -0.4 is 5.32 Å². The van der Waals surface area contributed by atoms with Crippen LogP contribution in [0.5, 0.6) is 0 Å². The van der Waals surface area contributed by atoms with Crippen LogP contribution in [-0.4, -0.2) is 75.4 Å². The van der Waals surface area contributed by atoms with Crippen LogP contribution in [0.3, 0.4) is 0 Å². The average Bonchev–Trinajstić information content (AvgIpc) is 2.91. The topological polar surface area (TPSA) is 94.1 Å². The highest BCUT2D eigenvalue weighted by atomic mass is 31.2. The van der Waals surface area contributed by atoms with Crippen molar-refractivity contribution in [3.8, 4) is 0 Å². The van der Waals surface area contributed by atoms with Crippen molar-refractivity contribution < 1.29 is 32.5 Å². The van der Waals surface area contributed by atoms with Gasteiger partial charge in [-0.15, -0.1) is 0 Å². The molecule has 0 aromatic carbocycles. The van der Waals surface area contributed by atoms with E-state index in [4.69, 9.17) is 13.8 Å². The number of amides is 1. The fourth-order valence-corrected chi connectivity index (χ4v) is 5.30. The molecule has 9 heteroatoms. The van der Waals surface area contributed by atoms with Crippen molar-refractivity contribution in [3.63, 3.8) is 0 Å². The number of carbonyl (C=O) groups excluding carboxylic acids is 1. The van der Waals surface area contributed by atoms with Gasteiger partial charge in [0, 0.05) is 19.6 Å². The van der Waals surface area contributed by atoms with Gasteiger partial charge >= 0.3 is 7.82 Å². The van der Waals surface area contributed by atoms with Gasteiger partial charge < -0.3 is 19.4 Å². The van der Waals surface area contributed by atoms with Gasteiger partial charge in [-0.3, -0.25) is 13.8 Å². The second-order valence-corrected chi connectivity index (χ2v) is 14.1. The maximum Gasteiger partial charge on any atom is 0.472 e. The third kappa shape index (κ3) is 30.8. The highest BCUT2D eigenvalue weighted by molar-refractivity contribution is 7.47. The Bertz CT molecular complexity index is 644. The zero-order valence-electron chi connectivity index (χ0n) is 27.6. The molecule has 0 aliphatic carbocycles. The first-order valence-corrected chi connectivity index (χ1v) is 18.4. The van der Waals surface area contributed by atoms with E-state index in [9.17, 15) is 14.3 Å². The predicted molar refractivity (Wildman–Crippen MR) is 171 cm³/mol. The summed E-state index contributed by atoms with van der Waals surface area (Å²) in [5.41, 5.74) is 0. The summed E-state index contributed by atoms with van der Waals surface area (Å²) in [5, 5.41) is 2.94. The average molecular weight is 608 g/mol. The number of phosphoric acid groups is 1. The number of nitrogens with one attached hydrogen (secondary N) is 1. The quantitative estimate of drug-likeness (QED) is 0.0469. The van der Waals surface area contributed by atoms with Crippen LogP contribution in [0.25, 0.3) is 0 Å². The van der Waals surface area contributed by atoms with Crippen LogP contribution in [0.1, 0.15) is 142 Å². The van der Waals surface area contributed by atoms with Crippen molar-refractivity contribution in [3.05, 3.63) is 0 Å². The Kier molecular flexibility index (Phi) is 26.7. The molecule has 0 rings (SSSR count). The predicted octanol–water partition coefficient (Wildman–Crippen LogP) is 8.17. The molecule has 0 aliphatic rings. The first-order chi connectivity index (χ1) is 19.6. The molecule has 41 heavy (non-hydrogen) atoms. The summed E-state index contributed by atoms with van der Waals surface area (Å²) in [6.07, 6.45) is 23.3. The Morgan fingerprint density at radius 1 is 0.707 bits per heavy atom. The van der Waals surface area contributed by atoms with Gasteiger partial charge in [-0.2, -0.15) is 0 Å². The minimum atomic E-state index is -4.19. The van der Waals surface area contributed by atoms with Crippen LogP contribution in [0.2, 0.25) is 0 Å². The number of unbranched alkanes of at least 4 members (excludes halogenated alkanes) is 17. The molecule has 0 aromatic rings. The second kappa shape index (κ2) is 27.1. The van der Waals surface area contributed by atoms with Crippen molar-refractivity contribution in [1.82, 2.24) is 5.32 Å². The Labute approximate surface area is 253 Å². The van der Waals surface area contributed by atoms with Crippen molar-refractivity contribution in [2.75, 3.05) is 54.1 Å². The minimum Gasteiger partial charge on any atom is -0.374 e. The first kappa shape index (κ1) is 40.5.